The molecule has 1 saturated carbocycles. The molecule has 0 radical (unpaired) electrons. The zero-order valence-electron chi connectivity index (χ0n) is 15.7. The van der Waals surface area contributed by atoms with Gasteiger partial charge in [-0.25, -0.2) is 8.42 Å². The number of sulfone groups is 1. The van der Waals surface area contributed by atoms with Gasteiger partial charge in [-0.05, 0) is 71.6 Å². The Balaban J connectivity index is 1.78. The molecule has 0 saturated heterocycles. The van der Waals surface area contributed by atoms with Crippen LogP contribution in [0.5, 0.6) is 0 Å². The Labute approximate surface area is 180 Å². The van der Waals surface area contributed by atoms with Crippen molar-refractivity contribution < 1.29 is 13.2 Å². The van der Waals surface area contributed by atoms with Crippen molar-refractivity contribution in [3.63, 3.8) is 0 Å². The van der Waals surface area contributed by atoms with E-state index in [0.717, 1.165) is 24.0 Å². The summed E-state index contributed by atoms with van der Waals surface area (Å²) in [5, 5.41) is -0.0538. The normalized spacial score (nSPS) is 26.8. The van der Waals surface area contributed by atoms with Gasteiger partial charge in [-0.3, -0.25) is 0 Å². The summed E-state index contributed by atoms with van der Waals surface area (Å²) in [5.74, 6) is 0. The zero-order chi connectivity index (χ0) is 20.3. The monoisotopic (exact) mass is 458 g/mol. The molecule has 0 amide bonds. The number of methoxy groups -OCH3 is 1. The average Bonchev–Trinajstić information content (AvgIpc) is 3.29. The van der Waals surface area contributed by atoms with Gasteiger partial charge in [0.1, 0.15) is 0 Å². The van der Waals surface area contributed by atoms with E-state index in [0.29, 0.717) is 26.8 Å². The number of hydrogen-bond acceptors (Lipinski definition) is 3. The summed E-state index contributed by atoms with van der Waals surface area (Å²) in [6, 6.07) is 7.11. The van der Waals surface area contributed by atoms with Gasteiger partial charge < -0.3 is 4.74 Å². The van der Waals surface area contributed by atoms with Crippen LogP contribution in [0.25, 0.3) is 5.57 Å². The fourth-order valence-electron chi connectivity index (χ4n) is 4.11. The molecule has 0 N–H and O–H groups in total. The molecule has 0 aromatic heterocycles. The lowest BCUT2D eigenvalue weighted by Crippen LogP contribution is -2.27. The number of halogens is 3. The second-order valence-corrected chi connectivity index (χ2v) is 11.5. The van der Waals surface area contributed by atoms with Crippen LogP contribution in [0, 0.1) is 5.41 Å². The Kier molecular flexibility index (Phi) is 5.04. The summed E-state index contributed by atoms with van der Waals surface area (Å²) in [4.78, 5) is 0.322. The van der Waals surface area contributed by atoms with E-state index in [1.54, 1.807) is 12.1 Å². The van der Waals surface area contributed by atoms with Crippen molar-refractivity contribution in [3.05, 3.63) is 57.1 Å². The molecule has 7 heteroatoms. The fourth-order valence-corrected chi connectivity index (χ4v) is 5.60. The number of rotatable bonds is 4. The van der Waals surface area contributed by atoms with Crippen LogP contribution >= 0.6 is 34.8 Å². The van der Waals surface area contributed by atoms with E-state index in [2.05, 4.69) is 0 Å². The van der Waals surface area contributed by atoms with Gasteiger partial charge in [0.25, 0.3) is 0 Å². The first-order valence-corrected chi connectivity index (χ1v) is 12.1. The summed E-state index contributed by atoms with van der Waals surface area (Å²) in [6.45, 7) is 0. The number of alkyl halides is 1. The Morgan fingerprint density at radius 3 is 2.14 bits per heavy atom. The molecule has 1 aromatic carbocycles. The molecule has 0 bridgehead atoms. The SMILES string of the molecule is COC1(Cl)CC(Cl)=C(C2=C(c3ccc(S(C)(=O)=O)cc3)CC3(CC3)C2)C=C1Cl. The molecule has 1 spiro atoms. The van der Waals surface area contributed by atoms with Crippen LogP contribution in [-0.2, 0) is 14.6 Å². The van der Waals surface area contributed by atoms with E-state index >= 15 is 0 Å². The second-order valence-electron chi connectivity index (χ2n) is 8.03. The van der Waals surface area contributed by atoms with E-state index in [4.69, 9.17) is 39.5 Å². The summed E-state index contributed by atoms with van der Waals surface area (Å²) in [5.41, 5.74) is 4.66. The van der Waals surface area contributed by atoms with Crippen LogP contribution in [0.15, 0.2) is 56.4 Å². The van der Waals surface area contributed by atoms with E-state index in [1.807, 2.05) is 18.2 Å². The minimum Gasteiger partial charge on any atom is -0.357 e. The largest absolute Gasteiger partial charge is 0.357 e. The predicted molar refractivity (Wildman–Crippen MR) is 114 cm³/mol. The second kappa shape index (κ2) is 6.88. The van der Waals surface area contributed by atoms with Gasteiger partial charge in [-0.15, -0.1) is 0 Å². The third-order valence-corrected chi connectivity index (χ3v) is 8.48. The lowest BCUT2D eigenvalue weighted by atomic mass is 9.92. The standard InChI is InChI=1S/C21H21Cl3O3S/c1-27-21(24)12-18(22)15(9-19(21)23)17-11-20(7-8-20)10-16(17)13-3-5-14(6-4-13)28(2,25)26/h3-6,9H,7-8,10-12H2,1-2H3. The van der Waals surface area contributed by atoms with Gasteiger partial charge in [0.2, 0.25) is 0 Å². The quantitative estimate of drug-likeness (QED) is 0.517. The van der Waals surface area contributed by atoms with E-state index < -0.39 is 14.9 Å². The molecule has 150 valence electrons. The van der Waals surface area contributed by atoms with Gasteiger partial charge in [0, 0.05) is 24.8 Å². The van der Waals surface area contributed by atoms with E-state index in [-0.39, 0.29) is 0 Å². The molecule has 0 aliphatic heterocycles. The van der Waals surface area contributed by atoms with Crippen LogP contribution < -0.4 is 0 Å². The lowest BCUT2D eigenvalue weighted by Gasteiger charge is -2.30. The molecule has 1 atom stereocenters. The molecule has 3 aliphatic carbocycles. The Hall–Kier alpha value is -0.780. The maximum Gasteiger partial charge on any atom is 0.182 e. The molecular weight excluding hydrogens is 439 g/mol. The maximum absolute atomic E-state index is 11.8. The minimum absolute atomic E-state index is 0.307. The molecule has 4 rings (SSSR count). The molecule has 1 aromatic rings. The number of allylic oxidation sites excluding steroid dienone is 4. The average molecular weight is 460 g/mol. The highest BCUT2D eigenvalue weighted by Crippen LogP contribution is 2.63. The number of hydrogen-bond donors (Lipinski definition) is 0. The van der Waals surface area contributed by atoms with Crippen LogP contribution in [0.2, 0.25) is 0 Å². The Morgan fingerprint density at radius 2 is 1.61 bits per heavy atom. The highest BCUT2D eigenvalue weighted by molar-refractivity contribution is 7.90. The third-order valence-electron chi connectivity index (χ3n) is 6.01. The van der Waals surface area contributed by atoms with E-state index in [1.165, 1.54) is 37.4 Å². The summed E-state index contributed by atoms with van der Waals surface area (Å²) < 4.78 is 28.9. The highest BCUT2D eigenvalue weighted by Gasteiger charge is 2.49. The first kappa shape index (κ1) is 20.5. The predicted octanol–water partition coefficient (Wildman–Crippen LogP) is 6.02. The third kappa shape index (κ3) is 3.59. The van der Waals surface area contributed by atoms with Crippen LogP contribution in [0.3, 0.4) is 0 Å². The van der Waals surface area contributed by atoms with Crippen molar-refractivity contribution in [2.75, 3.05) is 13.4 Å². The molecule has 3 aliphatic rings. The fraction of sp³-hybridized carbons (Fsp3) is 0.429. The van der Waals surface area contributed by atoms with Crippen molar-refractivity contribution >= 4 is 50.2 Å². The van der Waals surface area contributed by atoms with Crippen LogP contribution in [0.1, 0.15) is 37.7 Å². The summed E-state index contributed by atoms with van der Waals surface area (Å²) in [7, 11) is -1.71. The molecule has 1 unspecified atom stereocenters. The maximum atomic E-state index is 11.8. The zero-order valence-corrected chi connectivity index (χ0v) is 18.8. The Morgan fingerprint density at radius 1 is 1.00 bits per heavy atom. The van der Waals surface area contributed by atoms with Gasteiger partial charge in [0.05, 0.1) is 9.93 Å². The highest BCUT2D eigenvalue weighted by atomic mass is 35.5. The lowest BCUT2D eigenvalue weighted by molar-refractivity contribution is 0.101. The first-order chi connectivity index (χ1) is 13.1. The number of ether oxygens (including phenoxy) is 1. The topological polar surface area (TPSA) is 43.4 Å². The van der Waals surface area contributed by atoms with Crippen molar-refractivity contribution in [1.82, 2.24) is 0 Å². The van der Waals surface area contributed by atoms with Gasteiger partial charge in [-0.2, -0.15) is 0 Å². The molecular formula is C21H21Cl3O3S. The summed E-state index contributed by atoms with van der Waals surface area (Å²) >= 11 is 19.5. The van der Waals surface area contributed by atoms with Gasteiger partial charge in [-0.1, -0.05) is 46.9 Å². The van der Waals surface area contributed by atoms with Gasteiger partial charge in [0.15, 0.2) is 14.9 Å². The van der Waals surface area contributed by atoms with Crippen molar-refractivity contribution in [3.8, 4) is 0 Å². The number of benzene rings is 1. The molecule has 3 nitrogen and oxygen atoms in total. The minimum atomic E-state index is -3.22. The van der Waals surface area contributed by atoms with Crippen LogP contribution in [-0.4, -0.2) is 26.8 Å². The Bertz CT molecular complexity index is 1030. The molecule has 28 heavy (non-hydrogen) atoms. The van der Waals surface area contributed by atoms with Gasteiger partial charge >= 0.3 is 0 Å². The first-order valence-electron chi connectivity index (χ1n) is 9.10. The van der Waals surface area contributed by atoms with Crippen molar-refractivity contribution in [1.29, 1.82) is 0 Å². The molecule has 0 heterocycles. The summed E-state index contributed by atoms with van der Waals surface area (Å²) in [6.07, 6.45) is 7.66. The van der Waals surface area contributed by atoms with Crippen LogP contribution in [0.4, 0.5) is 0 Å². The van der Waals surface area contributed by atoms with E-state index in [9.17, 15) is 8.42 Å². The van der Waals surface area contributed by atoms with Crippen molar-refractivity contribution in [2.45, 2.75) is 42.1 Å². The van der Waals surface area contributed by atoms with Crippen molar-refractivity contribution in [2.24, 2.45) is 5.41 Å². The molecule has 1 fully saturated rings. The smallest absolute Gasteiger partial charge is 0.182 e.